The van der Waals surface area contributed by atoms with Gasteiger partial charge in [0.05, 0.1) is 0 Å². The molecule has 0 aromatic heterocycles. The van der Waals surface area contributed by atoms with E-state index in [9.17, 15) is 4.79 Å². The van der Waals surface area contributed by atoms with Gasteiger partial charge in [0.25, 0.3) is 5.91 Å². The molecule has 0 saturated heterocycles. The summed E-state index contributed by atoms with van der Waals surface area (Å²) in [6.07, 6.45) is 1.73. The molecule has 1 saturated carbocycles. The number of hydrogen-bond donors (Lipinski definition) is 2. The molecule has 1 aliphatic rings. The van der Waals surface area contributed by atoms with E-state index >= 15 is 0 Å². The lowest BCUT2D eigenvalue weighted by atomic mass is 10.2. The lowest BCUT2D eigenvalue weighted by Crippen LogP contribution is -2.37. The van der Waals surface area contributed by atoms with Gasteiger partial charge in [-0.3, -0.25) is 4.79 Å². The smallest absolute Gasteiger partial charge is 0.260 e. The van der Waals surface area contributed by atoms with E-state index in [-0.39, 0.29) is 5.91 Å². The van der Waals surface area contributed by atoms with Gasteiger partial charge in [-0.1, -0.05) is 18.2 Å². The Morgan fingerprint density at radius 3 is 2.83 bits per heavy atom. The van der Waals surface area contributed by atoms with E-state index in [4.69, 9.17) is 4.74 Å². The van der Waals surface area contributed by atoms with E-state index in [1.807, 2.05) is 31.3 Å². The third-order valence-electron chi connectivity index (χ3n) is 2.94. The molecule has 4 heteroatoms. The van der Waals surface area contributed by atoms with Crippen LogP contribution in [-0.4, -0.2) is 25.1 Å². The minimum absolute atomic E-state index is 0.0308. The van der Waals surface area contributed by atoms with Gasteiger partial charge in [0.15, 0.2) is 6.10 Å². The molecule has 2 rings (SSSR count). The Hall–Kier alpha value is -1.55. The van der Waals surface area contributed by atoms with Crippen LogP contribution < -0.4 is 15.4 Å². The normalized spacial score (nSPS) is 16.1. The number of para-hydroxylation sites is 1. The summed E-state index contributed by atoms with van der Waals surface area (Å²) < 4.78 is 5.74. The Labute approximate surface area is 108 Å². The summed E-state index contributed by atoms with van der Waals surface area (Å²) in [5.74, 6) is 0.738. The lowest BCUT2D eigenvalue weighted by molar-refractivity contribution is -0.127. The Bertz CT molecular complexity index is 416. The van der Waals surface area contributed by atoms with Crippen molar-refractivity contribution in [3.63, 3.8) is 0 Å². The van der Waals surface area contributed by atoms with E-state index in [2.05, 4.69) is 10.6 Å². The molecule has 0 radical (unpaired) electrons. The van der Waals surface area contributed by atoms with Crippen LogP contribution in [0.5, 0.6) is 5.75 Å². The van der Waals surface area contributed by atoms with Gasteiger partial charge in [-0.25, -0.2) is 0 Å². The number of benzene rings is 1. The van der Waals surface area contributed by atoms with Gasteiger partial charge in [-0.2, -0.15) is 0 Å². The van der Waals surface area contributed by atoms with Gasteiger partial charge in [0, 0.05) is 18.2 Å². The van der Waals surface area contributed by atoms with Crippen LogP contribution in [0, 0.1) is 0 Å². The van der Waals surface area contributed by atoms with Crippen LogP contribution in [0.1, 0.15) is 25.3 Å². The highest BCUT2D eigenvalue weighted by Gasteiger charge is 2.26. The van der Waals surface area contributed by atoms with Crippen LogP contribution >= 0.6 is 0 Å². The Balaban J connectivity index is 1.96. The highest BCUT2D eigenvalue weighted by molar-refractivity contribution is 5.81. The van der Waals surface area contributed by atoms with Gasteiger partial charge < -0.3 is 15.4 Å². The minimum Gasteiger partial charge on any atom is -0.481 e. The zero-order chi connectivity index (χ0) is 13.0. The van der Waals surface area contributed by atoms with Crippen LogP contribution in [0.15, 0.2) is 24.3 Å². The molecule has 0 spiro atoms. The van der Waals surface area contributed by atoms with Crippen molar-refractivity contribution in [3.05, 3.63) is 29.8 Å². The molecule has 1 amide bonds. The van der Waals surface area contributed by atoms with E-state index in [0.717, 1.165) is 30.7 Å². The zero-order valence-corrected chi connectivity index (χ0v) is 10.9. The third-order valence-corrected chi connectivity index (χ3v) is 2.94. The summed E-state index contributed by atoms with van der Waals surface area (Å²) >= 11 is 0. The van der Waals surface area contributed by atoms with E-state index in [1.54, 1.807) is 6.92 Å². The first-order valence-corrected chi connectivity index (χ1v) is 6.40. The molecule has 1 aliphatic carbocycles. The Morgan fingerprint density at radius 2 is 2.17 bits per heavy atom. The average molecular weight is 248 g/mol. The summed E-state index contributed by atoms with van der Waals surface area (Å²) in [6.45, 7) is 2.51. The summed E-state index contributed by atoms with van der Waals surface area (Å²) in [5.41, 5.74) is 1.06. The van der Waals surface area contributed by atoms with Crippen LogP contribution in [0.3, 0.4) is 0 Å². The number of rotatable bonds is 6. The van der Waals surface area contributed by atoms with E-state index in [1.165, 1.54) is 0 Å². The van der Waals surface area contributed by atoms with Crippen molar-refractivity contribution in [2.75, 3.05) is 7.05 Å². The lowest BCUT2D eigenvalue weighted by Gasteiger charge is -2.17. The average Bonchev–Trinajstić information content (AvgIpc) is 3.16. The van der Waals surface area contributed by atoms with Crippen LogP contribution in [0.25, 0.3) is 0 Å². The molecule has 1 aromatic carbocycles. The van der Waals surface area contributed by atoms with Crippen molar-refractivity contribution in [2.45, 2.75) is 38.5 Å². The molecular weight excluding hydrogens is 228 g/mol. The van der Waals surface area contributed by atoms with Gasteiger partial charge >= 0.3 is 0 Å². The number of ether oxygens (including phenoxy) is 1. The highest BCUT2D eigenvalue weighted by atomic mass is 16.5. The molecule has 18 heavy (non-hydrogen) atoms. The fourth-order valence-corrected chi connectivity index (χ4v) is 1.75. The SMILES string of the molecule is CNCc1ccccc1OC(C)C(=O)NC1CC1. The molecule has 0 bridgehead atoms. The molecule has 1 unspecified atom stereocenters. The molecular formula is C14H20N2O2. The van der Waals surface area contributed by atoms with E-state index in [0.29, 0.717) is 6.04 Å². The number of amides is 1. The van der Waals surface area contributed by atoms with Gasteiger partial charge in [-0.05, 0) is 32.9 Å². The zero-order valence-electron chi connectivity index (χ0n) is 10.9. The summed E-state index contributed by atoms with van der Waals surface area (Å²) in [5, 5.41) is 6.03. The third kappa shape index (κ3) is 3.47. The van der Waals surface area contributed by atoms with Crippen molar-refractivity contribution in [3.8, 4) is 5.75 Å². The Kier molecular flexibility index (Phi) is 4.20. The topological polar surface area (TPSA) is 50.4 Å². The molecule has 98 valence electrons. The number of carbonyl (C=O) groups excluding carboxylic acids is 1. The highest BCUT2D eigenvalue weighted by Crippen LogP contribution is 2.21. The first kappa shape index (κ1) is 12.9. The molecule has 0 heterocycles. The van der Waals surface area contributed by atoms with Crippen molar-refractivity contribution >= 4 is 5.91 Å². The second kappa shape index (κ2) is 5.87. The fraction of sp³-hybridized carbons (Fsp3) is 0.500. The van der Waals surface area contributed by atoms with Crippen molar-refractivity contribution in [2.24, 2.45) is 0 Å². The maximum Gasteiger partial charge on any atom is 0.260 e. The Morgan fingerprint density at radius 1 is 1.44 bits per heavy atom. The molecule has 1 aromatic rings. The standard InChI is InChI=1S/C14H20N2O2/c1-10(14(17)16-12-7-8-12)18-13-6-4-3-5-11(13)9-15-2/h3-6,10,12,15H,7-9H2,1-2H3,(H,16,17). The van der Waals surface area contributed by atoms with Crippen LogP contribution in [0.4, 0.5) is 0 Å². The fourth-order valence-electron chi connectivity index (χ4n) is 1.75. The largest absolute Gasteiger partial charge is 0.481 e. The minimum atomic E-state index is -0.455. The first-order chi connectivity index (χ1) is 8.70. The van der Waals surface area contributed by atoms with Crippen molar-refractivity contribution in [1.82, 2.24) is 10.6 Å². The second-order valence-electron chi connectivity index (χ2n) is 4.68. The summed E-state index contributed by atoms with van der Waals surface area (Å²) in [4.78, 5) is 11.8. The van der Waals surface area contributed by atoms with Gasteiger partial charge in [-0.15, -0.1) is 0 Å². The van der Waals surface area contributed by atoms with Crippen LogP contribution in [0.2, 0.25) is 0 Å². The first-order valence-electron chi connectivity index (χ1n) is 6.40. The number of carbonyl (C=O) groups is 1. The maximum absolute atomic E-state index is 11.8. The molecule has 4 nitrogen and oxygen atoms in total. The van der Waals surface area contributed by atoms with Gasteiger partial charge in [0.2, 0.25) is 0 Å². The summed E-state index contributed by atoms with van der Waals surface area (Å²) in [6, 6.07) is 8.15. The van der Waals surface area contributed by atoms with Crippen molar-refractivity contribution < 1.29 is 9.53 Å². The molecule has 1 atom stereocenters. The number of nitrogens with one attached hydrogen (secondary N) is 2. The van der Waals surface area contributed by atoms with Crippen molar-refractivity contribution in [1.29, 1.82) is 0 Å². The molecule has 2 N–H and O–H groups in total. The predicted octanol–water partition coefficient (Wildman–Crippen LogP) is 1.45. The van der Waals surface area contributed by atoms with Gasteiger partial charge in [0.1, 0.15) is 5.75 Å². The summed E-state index contributed by atoms with van der Waals surface area (Å²) in [7, 11) is 1.89. The predicted molar refractivity (Wildman–Crippen MR) is 70.5 cm³/mol. The van der Waals surface area contributed by atoms with Crippen LogP contribution in [-0.2, 0) is 11.3 Å². The quantitative estimate of drug-likeness (QED) is 0.801. The van der Waals surface area contributed by atoms with E-state index < -0.39 is 6.10 Å². The number of hydrogen-bond acceptors (Lipinski definition) is 3. The molecule has 1 fully saturated rings. The monoisotopic (exact) mass is 248 g/mol. The second-order valence-corrected chi connectivity index (χ2v) is 4.68. The maximum atomic E-state index is 11.8. The molecule has 0 aliphatic heterocycles.